The Morgan fingerprint density at radius 2 is 2.21 bits per heavy atom. The number of hydrogen-bond donors (Lipinski definition) is 2. The molecule has 2 N–H and O–H groups in total. The molecule has 2 amide bonds. The third-order valence-corrected chi connectivity index (χ3v) is 1.86. The van der Waals surface area contributed by atoms with Crippen molar-refractivity contribution in [2.24, 2.45) is 0 Å². The number of aromatic nitrogens is 2. The molecule has 0 bridgehead atoms. The molecule has 5 heteroatoms. The first-order valence-electron chi connectivity index (χ1n) is 4.54. The van der Waals surface area contributed by atoms with Crippen LogP contribution < -0.4 is 5.32 Å². The minimum atomic E-state index is -0.174. The van der Waals surface area contributed by atoms with Crippen LogP contribution in [0.2, 0.25) is 0 Å². The van der Waals surface area contributed by atoms with E-state index >= 15 is 0 Å². The van der Waals surface area contributed by atoms with E-state index in [1.165, 1.54) is 4.90 Å². The Kier molecular flexibility index (Phi) is 3.11. The Morgan fingerprint density at radius 3 is 2.64 bits per heavy atom. The molecule has 0 saturated carbocycles. The SMILES string of the molecule is CC(C)c1cc(NC(=O)N(C)C)n[nH]1. The van der Waals surface area contributed by atoms with Crippen molar-refractivity contribution in [3.8, 4) is 0 Å². The van der Waals surface area contributed by atoms with Gasteiger partial charge in [-0.1, -0.05) is 13.8 Å². The third-order valence-electron chi connectivity index (χ3n) is 1.86. The molecule has 78 valence electrons. The Balaban J connectivity index is 2.64. The fourth-order valence-electron chi connectivity index (χ4n) is 0.918. The Bertz CT molecular complexity index is 316. The summed E-state index contributed by atoms with van der Waals surface area (Å²) < 4.78 is 0. The smallest absolute Gasteiger partial charge is 0.322 e. The number of nitrogens with zero attached hydrogens (tertiary/aromatic N) is 2. The number of rotatable bonds is 2. The molecule has 0 aliphatic carbocycles. The summed E-state index contributed by atoms with van der Waals surface area (Å²) in [4.78, 5) is 12.7. The molecule has 1 rings (SSSR count). The van der Waals surface area contributed by atoms with E-state index in [1.807, 2.05) is 6.07 Å². The van der Waals surface area contributed by atoms with Crippen molar-refractivity contribution in [1.29, 1.82) is 0 Å². The monoisotopic (exact) mass is 196 g/mol. The van der Waals surface area contributed by atoms with E-state index in [1.54, 1.807) is 14.1 Å². The average Bonchev–Trinajstić information content (AvgIpc) is 2.52. The van der Waals surface area contributed by atoms with Crippen molar-refractivity contribution in [3.63, 3.8) is 0 Å². The van der Waals surface area contributed by atoms with Gasteiger partial charge in [-0.15, -0.1) is 0 Å². The summed E-state index contributed by atoms with van der Waals surface area (Å²) in [6.45, 7) is 4.12. The molecule has 0 fully saturated rings. The molecule has 0 atom stereocenters. The van der Waals surface area contributed by atoms with Crippen LogP contribution in [0.4, 0.5) is 10.6 Å². The first kappa shape index (κ1) is 10.6. The second-order valence-electron chi connectivity index (χ2n) is 3.69. The minimum absolute atomic E-state index is 0.174. The van der Waals surface area contributed by atoms with E-state index in [9.17, 15) is 4.79 Å². The number of carbonyl (C=O) groups excluding carboxylic acids is 1. The normalized spacial score (nSPS) is 10.4. The molecule has 14 heavy (non-hydrogen) atoms. The molecule has 0 spiro atoms. The minimum Gasteiger partial charge on any atom is -0.331 e. The van der Waals surface area contributed by atoms with Crippen LogP contribution in [0.15, 0.2) is 6.07 Å². The Hall–Kier alpha value is -1.52. The van der Waals surface area contributed by atoms with Crippen molar-refractivity contribution in [2.45, 2.75) is 19.8 Å². The van der Waals surface area contributed by atoms with Crippen molar-refractivity contribution in [3.05, 3.63) is 11.8 Å². The van der Waals surface area contributed by atoms with E-state index in [2.05, 4.69) is 29.4 Å². The van der Waals surface area contributed by atoms with Crippen LogP contribution in [-0.2, 0) is 0 Å². The fourth-order valence-corrected chi connectivity index (χ4v) is 0.918. The molecule has 1 heterocycles. The highest BCUT2D eigenvalue weighted by Gasteiger charge is 2.08. The van der Waals surface area contributed by atoms with Crippen LogP contribution in [0.3, 0.4) is 0 Å². The van der Waals surface area contributed by atoms with Gasteiger partial charge in [0, 0.05) is 25.9 Å². The second kappa shape index (κ2) is 4.13. The van der Waals surface area contributed by atoms with E-state index < -0.39 is 0 Å². The number of H-pyrrole nitrogens is 1. The first-order valence-corrected chi connectivity index (χ1v) is 4.54. The molecular formula is C9H16N4O. The fraction of sp³-hybridized carbons (Fsp3) is 0.556. The van der Waals surface area contributed by atoms with Gasteiger partial charge in [0.25, 0.3) is 0 Å². The largest absolute Gasteiger partial charge is 0.331 e. The van der Waals surface area contributed by atoms with Crippen molar-refractivity contribution in [1.82, 2.24) is 15.1 Å². The standard InChI is InChI=1S/C9H16N4O/c1-6(2)7-5-8(12-11-7)10-9(14)13(3)4/h5-6H,1-4H3,(H2,10,11,12,14). The zero-order chi connectivity index (χ0) is 10.7. The lowest BCUT2D eigenvalue weighted by molar-refractivity contribution is 0.230. The molecule has 0 radical (unpaired) electrons. The molecule has 5 nitrogen and oxygen atoms in total. The van der Waals surface area contributed by atoms with Crippen LogP contribution in [0, 0.1) is 0 Å². The number of aromatic amines is 1. The topological polar surface area (TPSA) is 61.0 Å². The number of anilines is 1. The molecule has 0 unspecified atom stereocenters. The Morgan fingerprint density at radius 1 is 1.57 bits per heavy atom. The number of amides is 2. The van der Waals surface area contributed by atoms with Gasteiger partial charge in [0.1, 0.15) is 0 Å². The summed E-state index contributed by atoms with van der Waals surface area (Å²) in [5.74, 6) is 0.944. The lowest BCUT2D eigenvalue weighted by atomic mass is 10.1. The summed E-state index contributed by atoms with van der Waals surface area (Å²) >= 11 is 0. The summed E-state index contributed by atoms with van der Waals surface area (Å²) in [5, 5.41) is 9.50. The van der Waals surface area contributed by atoms with Crippen LogP contribution in [-0.4, -0.2) is 35.2 Å². The van der Waals surface area contributed by atoms with E-state index in [-0.39, 0.29) is 6.03 Å². The van der Waals surface area contributed by atoms with Gasteiger partial charge in [0.15, 0.2) is 5.82 Å². The number of carbonyl (C=O) groups is 1. The molecule has 0 saturated heterocycles. The van der Waals surface area contributed by atoms with Gasteiger partial charge >= 0.3 is 6.03 Å². The number of hydrogen-bond acceptors (Lipinski definition) is 2. The lowest BCUT2D eigenvalue weighted by Gasteiger charge is -2.09. The lowest BCUT2D eigenvalue weighted by Crippen LogP contribution is -2.27. The van der Waals surface area contributed by atoms with Gasteiger partial charge in [-0.25, -0.2) is 4.79 Å². The van der Waals surface area contributed by atoms with Crippen molar-refractivity contribution in [2.75, 3.05) is 19.4 Å². The molecule has 1 aromatic heterocycles. The van der Waals surface area contributed by atoms with Crippen molar-refractivity contribution >= 4 is 11.8 Å². The van der Waals surface area contributed by atoms with Crippen molar-refractivity contribution < 1.29 is 4.79 Å². The highest BCUT2D eigenvalue weighted by Crippen LogP contribution is 2.14. The maximum Gasteiger partial charge on any atom is 0.322 e. The van der Waals surface area contributed by atoms with Gasteiger partial charge in [-0.05, 0) is 5.92 Å². The number of urea groups is 1. The van der Waals surface area contributed by atoms with E-state index in [0.717, 1.165) is 5.69 Å². The quantitative estimate of drug-likeness (QED) is 0.755. The van der Waals surface area contributed by atoms with Gasteiger partial charge in [0.2, 0.25) is 0 Å². The van der Waals surface area contributed by atoms with E-state index in [4.69, 9.17) is 0 Å². The second-order valence-corrected chi connectivity index (χ2v) is 3.69. The summed E-state index contributed by atoms with van der Waals surface area (Å²) in [5.41, 5.74) is 1.01. The maximum absolute atomic E-state index is 11.3. The van der Waals surface area contributed by atoms with Crippen LogP contribution in [0.5, 0.6) is 0 Å². The molecule has 0 aliphatic rings. The van der Waals surface area contributed by atoms with Gasteiger partial charge < -0.3 is 4.90 Å². The number of nitrogens with one attached hydrogen (secondary N) is 2. The highest BCUT2D eigenvalue weighted by molar-refractivity contribution is 5.87. The van der Waals surface area contributed by atoms with Crippen LogP contribution >= 0.6 is 0 Å². The molecule has 1 aromatic rings. The van der Waals surface area contributed by atoms with E-state index in [0.29, 0.717) is 11.7 Å². The van der Waals surface area contributed by atoms with Crippen LogP contribution in [0.25, 0.3) is 0 Å². The molecule has 0 aromatic carbocycles. The van der Waals surface area contributed by atoms with Gasteiger partial charge in [-0.2, -0.15) is 5.10 Å². The Labute approximate surface area is 83.5 Å². The molecular weight excluding hydrogens is 180 g/mol. The zero-order valence-corrected chi connectivity index (χ0v) is 8.96. The summed E-state index contributed by atoms with van der Waals surface area (Å²) in [6, 6.07) is 1.67. The summed E-state index contributed by atoms with van der Waals surface area (Å²) in [7, 11) is 3.37. The predicted molar refractivity (Wildman–Crippen MR) is 55.4 cm³/mol. The van der Waals surface area contributed by atoms with Gasteiger partial charge in [0.05, 0.1) is 0 Å². The summed E-state index contributed by atoms with van der Waals surface area (Å²) in [6.07, 6.45) is 0. The third kappa shape index (κ3) is 2.48. The van der Waals surface area contributed by atoms with Gasteiger partial charge in [-0.3, -0.25) is 10.4 Å². The predicted octanol–water partition coefficient (Wildman–Crippen LogP) is 1.63. The molecule has 0 aliphatic heterocycles. The highest BCUT2D eigenvalue weighted by atomic mass is 16.2. The zero-order valence-electron chi connectivity index (χ0n) is 8.96. The van der Waals surface area contributed by atoms with Crippen LogP contribution in [0.1, 0.15) is 25.5 Å². The maximum atomic E-state index is 11.3. The first-order chi connectivity index (χ1) is 6.50. The average molecular weight is 196 g/mol.